The topological polar surface area (TPSA) is 12.0 Å². The van der Waals surface area contributed by atoms with Crippen molar-refractivity contribution in [1.82, 2.24) is 5.32 Å². The Hall–Kier alpha value is 0.280. The summed E-state index contributed by atoms with van der Waals surface area (Å²) in [6.45, 7) is 3.85. The van der Waals surface area contributed by atoms with E-state index in [4.69, 9.17) is 23.2 Å². The van der Waals surface area contributed by atoms with Gasteiger partial charge in [-0.2, -0.15) is 0 Å². The van der Waals surface area contributed by atoms with Gasteiger partial charge in [-0.15, -0.1) is 0 Å². The Morgan fingerprint density at radius 1 is 1.60 bits per heavy atom. The van der Waals surface area contributed by atoms with Crippen LogP contribution in [0.15, 0.2) is 10.6 Å². The monoisotopic (exact) mass is 181 g/mol. The Balaban J connectivity index is 3.04. The highest BCUT2D eigenvalue weighted by Crippen LogP contribution is 2.00. The first-order chi connectivity index (χ1) is 4.81. The number of halogens is 2. The van der Waals surface area contributed by atoms with Crippen molar-refractivity contribution in [3.8, 4) is 0 Å². The van der Waals surface area contributed by atoms with Gasteiger partial charge in [-0.25, -0.2) is 0 Å². The summed E-state index contributed by atoms with van der Waals surface area (Å²) in [6.07, 6.45) is 2.39. The lowest BCUT2D eigenvalue weighted by atomic mass is 10.3. The third-order valence-electron chi connectivity index (χ3n) is 1.12. The van der Waals surface area contributed by atoms with Gasteiger partial charge in [-0.3, -0.25) is 0 Å². The average Bonchev–Trinajstić information content (AvgIpc) is 1.98. The van der Waals surface area contributed by atoms with E-state index in [1.54, 1.807) is 0 Å². The van der Waals surface area contributed by atoms with Crippen molar-refractivity contribution in [2.24, 2.45) is 0 Å². The smallest absolute Gasteiger partial charge is 0.0431 e. The van der Waals surface area contributed by atoms with E-state index in [-0.39, 0.29) is 0 Å². The molecule has 0 saturated carbocycles. The molecule has 60 valence electrons. The molecule has 1 nitrogen and oxygen atoms in total. The fourth-order valence-electron chi connectivity index (χ4n) is 0.548. The highest BCUT2D eigenvalue weighted by molar-refractivity contribution is 6.36. The molecule has 0 saturated heterocycles. The van der Waals surface area contributed by atoms with Gasteiger partial charge in [0.2, 0.25) is 0 Å². The Labute approximate surface area is 72.4 Å². The summed E-state index contributed by atoms with van der Waals surface area (Å²) in [6, 6.07) is 0. The molecule has 0 unspecified atom stereocenters. The second-order valence-corrected chi connectivity index (χ2v) is 2.79. The van der Waals surface area contributed by atoms with Crippen molar-refractivity contribution in [2.75, 3.05) is 13.1 Å². The van der Waals surface area contributed by atoms with Crippen LogP contribution in [0.1, 0.15) is 19.8 Å². The molecule has 0 aromatic heterocycles. The predicted octanol–water partition coefficient (Wildman–Crippen LogP) is 2.70. The molecular weight excluding hydrogens is 169 g/mol. The normalized spacial score (nSPS) is 12.1. The highest BCUT2D eigenvalue weighted by Gasteiger charge is 1.88. The summed E-state index contributed by atoms with van der Waals surface area (Å²) >= 11 is 10.9. The number of rotatable bonds is 5. The molecule has 0 aromatic carbocycles. The largest absolute Gasteiger partial charge is 0.312 e. The van der Waals surface area contributed by atoms with Crippen LogP contribution in [0.4, 0.5) is 0 Å². The first kappa shape index (κ1) is 10.3. The van der Waals surface area contributed by atoms with E-state index in [1.165, 1.54) is 18.4 Å². The molecule has 3 heteroatoms. The van der Waals surface area contributed by atoms with E-state index in [0.29, 0.717) is 11.6 Å². The standard InChI is InChI=1S/C7H13Cl2N/c1-2-3-4-10-6-7(9)5-8/h5,10H,2-4,6H2,1H3. The Morgan fingerprint density at radius 2 is 2.30 bits per heavy atom. The molecular formula is C7H13Cl2N. The molecule has 1 N–H and O–H groups in total. The lowest BCUT2D eigenvalue weighted by Crippen LogP contribution is -2.16. The minimum atomic E-state index is 0.665. The second kappa shape index (κ2) is 7.39. The molecule has 0 bridgehead atoms. The van der Waals surface area contributed by atoms with Crippen molar-refractivity contribution in [3.05, 3.63) is 10.6 Å². The van der Waals surface area contributed by atoms with Crippen molar-refractivity contribution in [1.29, 1.82) is 0 Å². The predicted molar refractivity (Wildman–Crippen MR) is 47.6 cm³/mol. The summed E-state index contributed by atoms with van der Waals surface area (Å²) in [5.74, 6) is 0. The molecule has 0 amide bonds. The maximum absolute atomic E-state index is 5.61. The fourth-order valence-corrected chi connectivity index (χ4v) is 0.720. The summed E-state index contributed by atoms with van der Waals surface area (Å²) in [5, 5.41) is 3.82. The number of hydrogen-bond acceptors (Lipinski definition) is 1. The van der Waals surface area contributed by atoms with Crippen molar-refractivity contribution in [2.45, 2.75) is 19.8 Å². The van der Waals surface area contributed by atoms with E-state index in [1.807, 2.05) is 0 Å². The quantitative estimate of drug-likeness (QED) is 0.644. The minimum Gasteiger partial charge on any atom is -0.312 e. The third kappa shape index (κ3) is 6.40. The van der Waals surface area contributed by atoms with Gasteiger partial charge < -0.3 is 5.32 Å². The molecule has 0 spiro atoms. The van der Waals surface area contributed by atoms with E-state index in [0.717, 1.165) is 6.54 Å². The van der Waals surface area contributed by atoms with Crippen LogP contribution in [0.3, 0.4) is 0 Å². The minimum absolute atomic E-state index is 0.665. The van der Waals surface area contributed by atoms with Crippen LogP contribution < -0.4 is 5.32 Å². The molecule has 0 rings (SSSR count). The molecule has 0 fully saturated rings. The lowest BCUT2D eigenvalue weighted by molar-refractivity contribution is 0.678. The first-order valence-electron chi connectivity index (χ1n) is 3.46. The van der Waals surface area contributed by atoms with Gasteiger partial charge in [-0.1, -0.05) is 36.5 Å². The van der Waals surface area contributed by atoms with Crippen molar-refractivity contribution < 1.29 is 0 Å². The zero-order valence-electron chi connectivity index (χ0n) is 6.16. The Morgan fingerprint density at radius 3 is 2.80 bits per heavy atom. The van der Waals surface area contributed by atoms with Crippen LogP contribution in [0.2, 0.25) is 0 Å². The molecule has 10 heavy (non-hydrogen) atoms. The molecule has 0 aromatic rings. The van der Waals surface area contributed by atoms with Crippen LogP contribution in [0, 0.1) is 0 Å². The maximum Gasteiger partial charge on any atom is 0.0431 e. The summed E-state index contributed by atoms with van der Waals surface area (Å²) in [4.78, 5) is 0. The summed E-state index contributed by atoms with van der Waals surface area (Å²) < 4.78 is 0. The Bertz CT molecular complexity index is 102. The van der Waals surface area contributed by atoms with E-state index in [2.05, 4.69) is 12.2 Å². The van der Waals surface area contributed by atoms with Gasteiger partial charge in [0.25, 0.3) is 0 Å². The van der Waals surface area contributed by atoms with Gasteiger partial charge in [0.1, 0.15) is 0 Å². The van der Waals surface area contributed by atoms with Gasteiger partial charge >= 0.3 is 0 Å². The van der Waals surface area contributed by atoms with E-state index < -0.39 is 0 Å². The SMILES string of the molecule is CCCCNCC(Cl)=CCl. The molecule has 0 aliphatic heterocycles. The van der Waals surface area contributed by atoms with E-state index >= 15 is 0 Å². The zero-order chi connectivity index (χ0) is 7.82. The highest BCUT2D eigenvalue weighted by atomic mass is 35.5. The van der Waals surface area contributed by atoms with Crippen LogP contribution in [0.25, 0.3) is 0 Å². The average molecular weight is 182 g/mol. The number of unbranched alkanes of at least 4 members (excludes halogenated alkanes) is 1. The molecule has 0 aliphatic rings. The van der Waals surface area contributed by atoms with Crippen LogP contribution in [-0.2, 0) is 0 Å². The van der Waals surface area contributed by atoms with Crippen LogP contribution >= 0.6 is 23.2 Å². The summed E-state index contributed by atoms with van der Waals surface area (Å²) in [7, 11) is 0. The van der Waals surface area contributed by atoms with Gasteiger partial charge in [0.05, 0.1) is 0 Å². The molecule has 0 atom stereocenters. The lowest BCUT2D eigenvalue weighted by Gasteiger charge is -2.00. The number of nitrogens with one attached hydrogen (secondary N) is 1. The molecule has 0 aliphatic carbocycles. The van der Waals surface area contributed by atoms with Crippen LogP contribution in [0.5, 0.6) is 0 Å². The third-order valence-corrected chi connectivity index (χ3v) is 1.74. The summed E-state index contributed by atoms with van der Waals surface area (Å²) in [5.41, 5.74) is 1.39. The number of hydrogen-bond donors (Lipinski definition) is 1. The molecule has 0 heterocycles. The zero-order valence-corrected chi connectivity index (χ0v) is 7.67. The second-order valence-electron chi connectivity index (χ2n) is 2.09. The first-order valence-corrected chi connectivity index (χ1v) is 4.28. The molecule has 0 radical (unpaired) electrons. The van der Waals surface area contributed by atoms with Crippen molar-refractivity contribution in [3.63, 3.8) is 0 Å². The van der Waals surface area contributed by atoms with Gasteiger partial charge in [0.15, 0.2) is 0 Å². The van der Waals surface area contributed by atoms with Crippen LogP contribution in [-0.4, -0.2) is 13.1 Å². The maximum atomic E-state index is 5.61. The van der Waals surface area contributed by atoms with Crippen molar-refractivity contribution >= 4 is 23.2 Å². The van der Waals surface area contributed by atoms with Gasteiger partial charge in [0, 0.05) is 17.1 Å². The Kier molecular flexibility index (Phi) is 7.59. The van der Waals surface area contributed by atoms with E-state index in [9.17, 15) is 0 Å². The van der Waals surface area contributed by atoms with Gasteiger partial charge in [-0.05, 0) is 13.0 Å². The fraction of sp³-hybridized carbons (Fsp3) is 0.714.